The highest BCUT2D eigenvalue weighted by atomic mass is 28.4. The van der Waals surface area contributed by atoms with E-state index in [0.29, 0.717) is 6.61 Å². The second kappa shape index (κ2) is 7.91. The molecule has 0 fully saturated rings. The monoisotopic (exact) mass is 376 g/mol. The zero-order valence-corrected chi connectivity index (χ0v) is 20.5. The minimum Gasteiger partial charge on any atom is -0.417 e. The van der Waals surface area contributed by atoms with Crippen LogP contribution in [0.4, 0.5) is 0 Å². The minimum absolute atomic E-state index is 0.0214. The molecule has 0 spiro atoms. The van der Waals surface area contributed by atoms with Crippen LogP contribution in [0, 0.1) is 5.41 Å². The number of rotatable bonds is 8. The van der Waals surface area contributed by atoms with Gasteiger partial charge in [-0.2, -0.15) is 0 Å². The van der Waals surface area contributed by atoms with Crippen LogP contribution in [-0.2, 0) is 8.85 Å². The predicted octanol–water partition coefficient (Wildman–Crippen LogP) is 5.81. The quantitative estimate of drug-likeness (QED) is 0.543. The standard InChI is InChI=1S/C19H44O3Si2/c1-17(2,3)23(9,10)21-14-13-16(19(7,8)15-20)22-24(11,12)18(4,5)6/h16,20H,13-15H2,1-12H3/t16-/m0/s1. The summed E-state index contributed by atoms with van der Waals surface area (Å²) >= 11 is 0. The number of hydrogen-bond donors (Lipinski definition) is 1. The number of hydrogen-bond acceptors (Lipinski definition) is 3. The molecule has 5 heteroatoms. The van der Waals surface area contributed by atoms with Crippen LogP contribution in [-0.4, -0.2) is 41.1 Å². The third-order valence-electron chi connectivity index (χ3n) is 6.17. The van der Waals surface area contributed by atoms with Crippen LogP contribution < -0.4 is 0 Å². The second-order valence-electron chi connectivity index (χ2n) is 10.9. The third kappa shape index (κ3) is 6.56. The van der Waals surface area contributed by atoms with Crippen LogP contribution in [0.3, 0.4) is 0 Å². The first-order chi connectivity index (χ1) is 10.4. The van der Waals surface area contributed by atoms with Crippen molar-refractivity contribution in [2.45, 2.75) is 104 Å². The summed E-state index contributed by atoms with van der Waals surface area (Å²) in [6, 6.07) is 0. The maximum atomic E-state index is 9.86. The molecule has 0 bridgehead atoms. The van der Waals surface area contributed by atoms with Crippen molar-refractivity contribution >= 4 is 16.6 Å². The van der Waals surface area contributed by atoms with E-state index in [4.69, 9.17) is 8.85 Å². The molecule has 1 N–H and O–H groups in total. The molecular formula is C19H44O3Si2. The van der Waals surface area contributed by atoms with E-state index >= 15 is 0 Å². The van der Waals surface area contributed by atoms with Gasteiger partial charge in [-0.1, -0.05) is 55.4 Å². The molecule has 0 heterocycles. The molecule has 0 amide bonds. The zero-order chi connectivity index (χ0) is 19.6. The fourth-order valence-corrected chi connectivity index (χ4v) is 4.44. The Balaban J connectivity index is 5.09. The average Bonchev–Trinajstić information content (AvgIpc) is 2.34. The summed E-state index contributed by atoms with van der Waals surface area (Å²) in [6.07, 6.45) is 0.861. The molecule has 1 atom stereocenters. The van der Waals surface area contributed by atoms with Gasteiger partial charge in [0.15, 0.2) is 16.6 Å². The Morgan fingerprint density at radius 1 is 0.792 bits per heavy atom. The Kier molecular flexibility index (Phi) is 8.01. The molecule has 0 aliphatic carbocycles. The van der Waals surface area contributed by atoms with Crippen molar-refractivity contribution in [1.82, 2.24) is 0 Å². The maximum Gasteiger partial charge on any atom is 0.192 e. The Labute approximate surface area is 153 Å². The first kappa shape index (κ1) is 24.3. The van der Waals surface area contributed by atoms with Crippen molar-refractivity contribution < 1.29 is 14.0 Å². The Morgan fingerprint density at radius 3 is 1.54 bits per heavy atom. The first-order valence-electron chi connectivity index (χ1n) is 9.30. The van der Waals surface area contributed by atoms with Crippen molar-refractivity contribution in [3.05, 3.63) is 0 Å². The summed E-state index contributed by atoms with van der Waals surface area (Å²) in [6.45, 7) is 27.7. The van der Waals surface area contributed by atoms with Crippen LogP contribution in [0.1, 0.15) is 61.8 Å². The zero-order valence-electron chi connectivity index (χ0n) is 18.5. The molecule has 0 aromatic heterocycles. The van der Waals surface area contributed by atoms with Crippen molar-refractivity contribution in [3.63, 3.8) is 0 Å². The van der Waals surface area contributed by atoms with Gasteiger partial charge in [-0.15, -0.1) is 0 Å². The van der Waals surface area contributed by atoms with Crippen LogP contribution >= 0.6 is 0 Å². The highest BCUT2D eigenvalue weighted by Crippen LogP contribution is 2.41. The Morgan fingerprint density at radius 2 is 1.21 bits per heavy atom. The van der Waals surface area contributed by atoms with Crippen LogP contribution in [0.15, 0.2) is 0 Å². The SMILES string of the molecule is CC(C)(CO)[C@H](CCO[Si](C)(C)C(C)(C)C)O[Si](C)(C)C(C)(C)C. The van der Waals surface area contributed by atoms with Gasteiger partial charge < -0.3 is 14.0 Å². The van der Waals surface area contributed by atoms with E-state index < -0.39 is 16.6 Å². The summed E-state index contributed by atoms with van der Waals surface area (Å²) < 4.78 is 13.0. The molecule has 3 nitrogen and oxygen atoms in total. The molecule has 0 aliphatic rings. The molecule has 0 saturated carbocycles. The van der Waals surface area contributed by atoms with Crippen molar-refractivity contribution in [3.8, 4) is 0 Å². The van der Waals surface area contributed by atoms with Gasteiger partial charge in [-0.25, -0.2) is 0 Å². The summed E-state index contributed by atoms with van der Waals surface area (Å²) in [4.78, 5) is 0. The lowest BCUT2D eigenvalue weighted by atomic mass is 9.86. The Bertz CT molecular complexity index is 390. The fraction of sp³-hybridized carbons (Fsp3) is 1.00. The molecule has 0 unspecified atom stereocenters. The molecule has 0 aromatic rings. The van der Waals surface area contributed by atoms with Crippen molar-refractivity contribution in [2.75, 3.05) is 13.2 Å². The third-order valence-corrected chi connectivity index (χ3v) is 15.2. The van der Waals surface area contributed by atoms with E-state index in [-0.39, 0.29) is 28.2 Å². The van der Waals surface area contributed by atoms with Gasteiger partial charge in [0, 0.05) is 12.0 Å². The lowest BCUT2D eigenvalue weighted by Crippen LogP contribution is -2.49. The molecule has 0 saturated heterocycles. The topological polar surface area (TPSA) is 38.7 Å². The van der Waals surface area contributed by atoms with E-state index in [1.807, 2.05) is 0 Å². The minimum atomic E-state index is -1.88. The van der Waals surface area contributed by atoms with Crippen LogP contribution in [0.5, 0.6) is 0 Å². The summed E-state index contributed by atoms with van der Waals surface area (Å²) in [5.74, 6) is 0. The lowest BCUT2D eigenvalue weighted by Gasteiger charge is -2.44. The normalized spacial score (nSPS) is 16.4. The maximum absolute atomic E-state index is 9.86. The average molecular weight is 377 g/mol. The van der Waals surface area contributed by atoms with E-state index in [1.165, 1.54) is 0 Å². The summed E-state index contributed by atoms with van der Waals surface area (Å²) in [5.41, 5.74) is -0.258. The molecule has 24 heavy (non-hydrogen) atoms. The molecule has 0 radical (unpaired) electrons. The van der Waals surface area contributed by atoms with Gasteiger partial charge >= 0.3 is 0 Å². The van der Waals surface area contributed by atoms with E-state index in [1.54, 1.807) is 0 Å². The largest absolute Gasteiger partial charge is 0.417 e. The Hall–Kier alpha value is 0.314. The van der Waals surface area contributed by atoms with Gasteiger partial charge in [0.1, 0.15) is 0 Å². The first-order valence-corrected chi connectivity index (χ1v) is 15.1. The predicted molar refractivity (Wildman–Crippen MR) is 111 cm³/mol. The van der Waals surface area contributed by atoms with E-state index in [0.717, 1.165) is 6.42 Å². The fourth-order valence-electron chi connectivity index (χ4n) is 1.88. The number of aliphatic hydroxyl groups excluding tert-OH is 1. The summed E-state index contributed by atoms with van der Waals surface area (Å²) in [7, 11) is -3.62. The van der Waals surface area contributed by atoms with Crippen LogP contribution in [0.2, 0.25) is 36.3 Å². The number of aliphatic hydroxyl groups is 1. The van der Waals surface area contributed by atoms with Gasteiger partial charge in [0.05, 0.1) is 12.7 Å². The van der Waals surface area contributed by atoms with E-state index in [2.05, 4.69) is 81.6 Å². The smallest absolute Gasteiger partial charge is 0.192 e. The van der Waals surface area contributed by atoms with Gasteiger partial charge in [-0.3, -0.25) is 0 Å². The van der Waals surface area contributed by atoms with Gasteiger partial charge in [-0.05, 0) is 42.7 Å². The highest BCUT2D eigenvalue weighted by molar-refractivity contribution is 6.74. The second-order valence-corrected chi connectivity index (χ2v) is 20.5. The molecule has 0 aliphatic heterocycles. The highest BCUT2D eigenvalue weighted by Gasteiger charge is 2.43. The molecular weight excluding hydrogens is 332 g/mol. The van der Waals surface area contributed by atoms with Gasteiger partial charge in [0.25, 0.3) is 0 Å². The van der Waals surface area contributed by atoms with Crippen molar-refractivity contribution in [1.29, 1.82) is 0 Å². The molecule has 0 aromatic carbocycles. The molecule has 0 rings (SSSR count). The van der Waals surface area contributed by atoms with Crippen LogP contribution in [0.25, 0.3) is 0 Å². The summed E-state index contributed by atoms with van der Waals surface area (Å²) in [5, 5.41) is 10.2. The van der Waals surface area contributed by atoms with Crippen molar-refractivity contribution in [2.24, 2.45) is 5.41 Å². The van der Waals surface area contributed by atoms with Gasteiger partial charge in [0.2, 0.25) is 0 Å². The molecule has 146 valence electrons. The van der Waals surface area contributed by atoms with E-state index in [9.17, 15) is 5.11 Å². The lowest BCUT2D eigenvalue weighted by molar-refractivity contribution is 0.00310.